The Hall–Kier alpha value is -2.44. The average molecular weight is 381 g/mol. The van der Waals surface area contributed by atoms with Crippen LogP contribution < -0.4 is 5.32 Å². The largest absolute Gasteiger partial charge is 0.306 e. The van der Waals surface area contributed by atoms with Crippen LogP contribution in [0.5, 0.6) is 0 Å². The Morgan fingerprint density at radius 1 is 1.15 bits per heavy atom. The number of carbonyl (C=O) groups excluding carboxylic acids is 1. The van der Waals surface area contributed by atoms with Gasteiger partial charge in [0.25, 0.3) is 5.91 Å². The molecule has 0 unspecified atom stereocenters. The van der Waals surface area contributed by atoms with Gasteiger partial charge in [0.2, 0.25) is 0 Å². The standard InChI is InChI=1S/C21H24N4OS/c1-15-3-5-16(6-4-15)18-10-14-27-20(18)21(26)22-19-9-13-25(23-19)17-7-11-24(2)12-8-17/h3-6,9-10,13-14,17H,7-8,11-12H2,1-2H3,(H,22,23,26). The van der Waals surface area contributed by atoms with Gasteiger partial charge in [0.05, 0.1) is 6.04 Å². The van der Waals surface area contributed by atoms with Gasteiger partial charge in [-0.25, -0.2) is 0 Å². The fourth-order valence-corrected chi connectivity index (χ4v) is 4.30. The lowest BCUT2D eigenvalue weighted by atomic mass is 10.0. The summed E-state index contributed by atoms with van der Waals surface area (Å²) in [5.74, 6) is 0.511. The van der Waals surface area contributed by atoms with Crippen molar-refractivity contribution in [3.8, 4) is 11.1 Å². The van der Waals surface area contributed by atoms with Gasteiger partial charge in [-0.05, 0) is 56.9 Å². The van der Waals surface area contributed by atoms with Gasteiger partial charge < -0.3 is 10.2 Å². The normalized spacial score (nSPS) is 15.8. The highest BCUT2D eigenvalue weighted by Crippen LogP contribution is 2.29. The summed E-state index contributed by atoms with van der Waals surface area (Å²) in [5.41, 5.74) is 3.23. The number of aromatic nitrogens is 2. The van der Waals surface area contributed by atoms with Gasteiger partial charge in [-0.3, -0.25) is 9.48 Å². The maximum absolute atomic E-state index is 12.8. The summed E-state index contributed by atoms with van der Waals surface area (Å²) in [6, 6.07) is 12.6. The zero-order valence-corrected chi connectivity index (χ0v) is 16.5. The summed E-state index contributed by atoms with van der Waals surface area (Å²) >= 11 is 1.46. The third kappa shape index (κ3) is 3.96. The van der Waals surface area contributed by atoms with E-state index in [4.69, 9.17) is 0 Å². The number of piperidine rings is 1. The number of benzene rings is 1. The highest BCUT2D eigenvalue weighted by Gasteiger charge is 2.20. The minimum absolute atomic E-state index is 0.103. The summed E-state index contributed by atoms with van der Waals surface area (Å²) < 4.78 is 2.00. The Balaban J connectivity index is 1.47. The Bertz CT molecular complexity index is 920. The van der Waals surface area contributed by atoms with E-state index in [1.165, 1.54) is 16.9 Å². The number of thiophene rings is 1. The molecule has 1 aromatic carbocycles. The van der Waals surface area contributed by atoms with Crippen molar-refractivity contribution in [2.24, 2.45) is 0 Å². The Morgan fingerprint density at radius 3 is 2.63 bits per heavy atom. The van der Waals surface area contributed by atoms with E-state index < -0.39 is 0 Å². The minimum Gasteiger partial charge on any atom is -0.306 e. The van der Waals surface area contributed by atoms with Crippen molar-refractivity contribution < 1.29 is 4.79 Å². The Kier molecular flexibility index (Phi) is 5.09. The average Bonchev–Trinajstić information content (AvgIpc) is 3.33. The molecule has 0 spiro atoms. The molecule has 0 bridgehead atoms. The minimum atomic E-state index is -0.103. The maximum atomic E-state index is 12.8. The van der Waals surface area contributed by atoms with Crippen LogP contribution in [0.4, 0.5) is 5.82 Å². The third-order valence-electron chi connectivity index (χ3n) is 5.15. The van der Waals surface area contributed by atoms with Crippen molar-refractivity contribution in [1.29, 1.82) is 0 Å². The van der Waals surface area contributed by atoms with Gasteiger partial charge in [-0.2, -0.15) is 5.10 Å². The number of hydrogen-bond donors (Lipinski definition) is 1. The highest BCUT2D eigenvalue weighted by molar-refractivity contribution is 7.12. The van der Waals surface area contributed by atoms with Crippen LogP contribution >= 0.6 is 11.3 Å². The number of nitrogens with one attached hydrogen (secondary N) is 1. The lowest BCUT2D eigenvalue weighted by molar-refractivity contribution is 0.103. The summed E-state index contributed by atoms with van der Waals surface area (Å²) in [6.07, 6.45) is 4.16. The molecule has 2 aromatic heterocycles. The van der Waals surface area contributed by atoms with Crippen molar-refractivity contribution in [2.45, 2.75) is 25.8 Å². The van der Waals surface area contributed by atoms with Crippen LogP contribution in [0, 0.1) is 6.92 Å². The zero-order valence-electron chi connectivity index (χ0n) is 15.7. The van der Waals surface area contributed by atoms with Gasteiger partial charge in [-0.1, -0.05) is 29.8 Å². The van der Waals surface area contributed by atoms with Crippen molar-refractivity contribution >= 4 is 23.1 Å². The molecule has 1 fully saturated rings. The fourth-order valence-electron chi connectivity index (χ4n) is 3.49. The van der Waals surface area contributed by atoms with Crippen molar-refractivity contribution in [1.82, 2.24) is 14.7 Å². The summed E-state index contributed by atoms with van der Waals surface area (Å²) in [6.45, 7) is 4.23. The molecule has 27 heavy (non-hydrogen) atoms. The monoisotopic (exact) mass is 380 g/mol. The van der Waals surface area contributed by atoms with E-state index in [9.17, 15) is 4.79 Å². The lowest BCUT2D eigenvalue weighted by Gasteiger charge is -2.28. The number of likely N-dealkylation sites (tertiary alicyclic amines) is 1. The zero-order chi connectivity index (χ0) is 18.8. The number of rotatable bonds is 4. The van der Waals surface area contributed by atoms with E-state index in [1.807, 2.05) is 28.4 Å². The molecule has 5 nitrogen and oxygen atoms in total. The second kappa shape index (κ2) is 7.66. The van der Waals surface area contributed by atoms with Crippen LogP contribution in [-0.2, 0) is 0 Å². The quantitative estimate of drug-likeness (QED) is 0.728. The molecule has 0 saturated carbocycles. The fraction of sp³-hybridized carbons (Fsp3) is 0.333. The second-order valence-corrected chi connectivity index (χ2v) is 8.12. The second-order valence-electron chi connectivity index (χ2n) is 7.20. The molecule has 140 valence electrons. The topological polar surface area (TPSA) is 50.2 Å². The van der Waals surface area contributed by atoms with E-state index in [-0.39, 0.29) is 5.91 Å². The Morgan fingerprint density at radius 2 is 1.89 bits per heavy atom. The molecule has 1 N–H and O–H groups in total. The summed E-state index contributed by atoms with van der Waals surface area (Å²) in [4.78, 5) is 15.9. The molecular formula is C21H24N4OS. The third-order valence-corrected chi connectivity index (χ3v) is 6.06. The van der Waals surface area contributed by atoms with Crippen LogP contribution in [0.3, 0.4) is 0 Å². The van der Waals surface area contributed by atoms with E-state index in [1.54, 1.807) is 0 Å². The van der Waals surface area contributed by atoms with Crippen LogP contribution in [0.1, 0.15) is 34.1 Å². The van der Waals surface area contributed by atoms with E-state index >= 15 is 0 Å². The first-order valence-electron chi connectivity index (χ1n) is 9.30. The predicted octanol–water partition coefficient (Wildman–Crippen LogP) is 4.44. The predicted molar refractivity (Wildman–Crippen MR) is 110 cm³/mol. The first-order chi connectivity index (χ1) is 13.1. The molecular weight excluding hydrogens is 356 g/mol. The molecule has 0 radical (unpaired) electrons. The van der Waals surface area contributed by atoms with Gasteiger partial charge in [0.1, 0.15) is 4.88 Å². The SMILES string of the molecule is Cc1ccc(-c2ccsc2C(=O)Nc2ccn(C3CCN(C)CC3)n2)cc1. The molecule has 0 aliphatic carbocycles. The number of aryl methyl sites for hydroxylation is 1. The number of amides is 1. The summed E-state index contributed by atoms with van der Waals surface area (Å²) in [7, 11) is 2.15. The number of carbonyl (C=O) groups is 1. The maximum Gasteiger partial charge on any atom is 0.267 e. The van der Waals surface area contributed by atoms with E-state index in [0.717, 1.165) is 37.1 Å². The first-order valence-corrected chi connectivity index (χ1v) is 10.2. The lowest BCUT2D eigenvalue weighted by Crippen LogP contribution is -2.31. The van der Waals surface area contributed by atoms with Crippen LogP contribution in [-0.4, -0.2) is 40.7 Å². The molecule has 1 aliphatic rings. The molecule has 0 atom stereocenters. The van der Waals surface area contributed by atoms with Gasteiger partial charge in [0, 0.05) is 17.8 Å². The van der Waals surface area contributed by atoms with Crippen molar-refractivity contribution in [3.63, 3.8) is 0 Å². The van der Waals surface area contributed by atoms with Crippen molar-refractivity contribution in [2.75, 3.05) is 25.5 Å². The molecule has 1 saturated heterocycles. The highest BCUT2D eigenvalue weighted by atomic mass is 32.1. The molecule has 1 aliphatic heterocycles. The Labute approximate surface area is 163 Å². The van der Waals surface area contributed by atoms with E-state index in [0.29, 0.717) is 16.7 Å². The molecule has 3 heterocycles. The number of hydrogen-bond acceptors (Lipinski definition) is 4. The van der Waals surface area contributed by atoms with Gasteiger partial charge >= 0.3 is 0 Å². The summed E-state index contributed by atoms with van der Waals surface area (Å²) in [5, 5.41) is 9.52. The molecule has 6 heteroatoms. The number of nitrogens with zero attached hydrogens (tertiary/aromatic N) is 3. The number of anilines is 1. The molecule has 3 aromatic rings. The smallest absolute Gasteiger partial charge is 0.267 e. The van der Waals surface area contributed by atoms with Crippen molar-refractivity contribution in [3.05, 3.63) is 58.4 Å². The first kappa shape index (κ1) is 17.9. The van der Waals surface area contributed by atoms with E-state index in [2.05, 4.69) is 53.6 Å². The molecule has 1 amide bonds. The van der Waals surface area contributed by atoms with Crippen LogP contribution in [0.15, 0.2) is 48.0 Å². The van der Waals surface area contributed by atoms with Crippen LogP contribution in [0.2, 0.25) is 0 Å². The van der Waals surface area contributed by atoms with Crippen LogP contribution in [0.25, 0.3) is 11.1 Å². The molecule has 4 rings (SSSR count). The van der Waals surface area contributed by atoms with Gasteiger partial charge in [0.15, 0.2) is 5.82 Å². The van der Waals surface area contributed by atoms with Gasteiger partial charge in [-0.15, -0.1) is 11.3 Å².